The minimum atomic E-state index is -0.837. The molecule has 0 spiro atoms. The summed E-state index contributed by atoms with van der Waals surface area (Å²) in [7, 11) is 1.49. The number of allylic oxidation sites excluding steroid dienone is 2. The first kappa shape index (κ1) is 28.0. The van der Waals surface area contributed by atoms with Crippen LogP contribution in [0.2, 0.25) is 0 Å². The second kappa shape index (κ2) is 10.5. The van der Waals surface area contributed by atoms with Crippen molar-refractivity contribution in [2.75, 3.05) is 7.11 Å². The Balaban J connectivity index is 1.26. The number of halogens is 2. The molecule has 0 heterocycles. The minimum absolute atomic E-state index is 0.00813. The van der Waals surface area contributed by atoms with Crippen molar-refractivity contribution in [3.05, 3.63) is 41.0 Å². The van der Waals surface area contributed by atoms with Gasteiger partial charge in [0, 0.05) is 18.1 Å². The van der Waals surface area contributed by atoms with Crippen LogP contribution < -0.4 is 4.74 Å². The zero-order valence-corrected chi connectivity index (χ0v) is 23.4. The summed E-state index contributed by atoms with van der Waals surface area (Å²) < 4.78 is 34.7. The Kier molecular flexibility index (Phi) is 7.73. The molecule has 1 aromatic carbocycles. The fourth-order valence-electron chi connectivity index (χ4n) is 9.51. The van der Waals surface area contributed by atoms with Gasteiger partial charge in [0.15, 0.2) is 0 Å². The van der Waals surface area contributed by atoms with Crippen LogP contribution in [-0.2, 0) is 0 Å². The number of hydrogen-bond acceptors (Lipinski definition) is 4. The highest BCUT2D eigenvalue weighted by Crippen LogP contribution is 2.68. The molecule has 212 valence electrons. The van der Waals surface area contributed by atoms with Gasteiger partial charge in [-0.15, -0.1) is 0 Å². The molecule has 1 aromatic rings. The molecule has 38 heavy (non-hydrogen) atoms. The summed E-state index contributed by atoms with van der Waals surface area (Å²) >= 11 is 0. The quantitative estimate of drug-likeness (QED) is 0.358. The largest absolute Gasteiger partial charge is 0.496 e. The summed E-state index contributed by atoms with van der Waals surface area (Å²) in [5.41, 5.74) is 1.60. The highest BCUT2D eigenvalue weighted by atomic mass is 19.1. The van der Waals surface area contributed by atoms with Gasteiger partial charge in [0.1, 0.15) is 17.4 Å². The summed E-state index contributed by atoms with van der Waals surface area (Å²) in [5, 5.41) is 31.8. The molecule has 0 radical (unpaired) electrons. The van der Waals surface area contributed by atoms with Gasteiger partial charge in [-0.05, 0) is 103 Å². The normalized spacial score (nSPS) is 40.2. The van der Waals surface area contributed by atoms with Crippen LogP contribution in [0, 0.1) is 46.2 Å². The van der Waals surface area contributed by atoms with Gasteiger partial charge >= 0.3 is 0 Å². The van der Waals surface area contributed by atoms with Crippen LogP contribution in [-0.4, -0.2) is 34.6 Å². The molecule has 1 unspecified atom stereocenters. The zero-order valence-electron chi connectivity index (χ0n) is 23.4. The highest BCUT2D eigenvalue weighted by molar-refractivity contribution is 5.35. The van der Waals surface area contributed by atoms with E-state index >= 15 is 4.39 Å². The molecular weight excluding hydrogens is 486 g/mol. The Bertz CT molecular complexity index is 1060. The number of ether oxygens (including phenoxy) is 1. The Hall–Kier alpha value is -1.50. The fraction of sp³-hybridized carbons (Fsp3) is 0.750. The maximum Gasteiger partial charge on any atom is 0.127 e. The summed E-state index contributed by atoms with van der Waals surface area (Å²) in [6, 6.07) is 4.28. The lowest BCUT2D eigenvalue weighted by atomic mass is 9.47. The van der Waals surface area contributed by atoms with Gasteiger partial charge in [-0.2, -0.15) is 0 Å². The summed E-state index contributed by atoms with van der Waals surface area (Å²) in [6.45, 7) is 6.94. The molecule has 10 atom stereocenters. The van der Waals surface area contributed by atoms with Crippen LogP contribution in [0.1, 0.15) is 96.6 Å². The molecule has 6 heteroatoms. The second-order valence-electron chi connectivity index (χ2n) is 13.4. The Morgan fingerprint density at radius 1 is 1.00 bits per heavy atom. The molecule has 3 saturated carbocycles. The van der Waals surface area contributed by atoms with Crippen molar-refractivity contribution < 1.29 is 28.8 Å². The summed E-state index contributed by atoms with van der Waals surface area (Å²) in [6.07, 6.45) is 6.02. The van der Waals surface area contributed by atoms with Gasteiger partial charge < -0.3 is 20.1 Å². The maximum absolute atomic E-state index is 15.9. The van der Waals surface area contributed by atoms with Crippen LogP contribution in [0.15, 0.2) is 29.6 Å². The van der Waals surface area contributed by atoms with Crippen LogP contribution in [0.5, 0.6) is 5.75 Å². The van der Waals surface area contributed by atoms with Crippen molar-refractivity contribution in [1.82, 2.24) is 0 Å². The lowest BCUT2D eigenvalue weighted by Crippen LogP contribution is -2.55. The van der Waals surface area contributed by atoms with E-state index in [1.807, 2.05) is 0 Å². The number of hydrogen-bond donors (Lipinski definition) is 3. The third-order valence-electron chi connectivity index (χ3n) is 11.7. The standard InChI is InChI=1S/C32H46F2O4/c1-18(6-5-7-26(35)20-9-8-19(33)16-28(20)38-4)21-10-11-22-29-23(12-14-31(21,22)2)32(3)15-13-27(36)30(37)24(32)17-25(29)34/h8-9,16,18,21-24,26-27,30,35-37H,5-7,10-15,17H2,1-4H3/t18-,21-,22+,23+,24+,26?,27+,30-,31-,32-/m1/s1. The van der Waals surface area contributed by atoms with Gasteiger partial charge in [-0.25, -0.2) is 8.78 Å². The zero-order chi connectivity index (χ0) is 27.4. The Labute approximate surface area is 226 Å². The van der Waals surface area contributed by atoms with Crippen LogP contribution >= 0.6 is 0 Å². The van der Waals surface area contributed by atoms with E-state index in [1.165, 1.54) is 19.2 Å². The number of fused-ring (bicyclic) bond motifs is 5. The molecule has 3 N–H and O–H groups in total. The SMILES string of the molecule is COc1cc(F)ccc1C(O)CCC[C@@H](C)[C@H]1CC[C@H]2C3=C(F)C[C@H]4[C@@H](O)[C@@H](O)CC[C@]4(C)[C@H]3CC[C@]12C. The predicted molar refractivity (Wildman–Crippen MR) is 144 cm³/mol. The molecule has 0 aliphatic heterocycles. The van der Waals surface area contributed by atoms with Crippen molar-refractivity contribution in [3.8, 4) is 5.75 Å². The molecule has 4 aliphatic rings. The van der Waals surface area contributed by atoms with Gasteiger partial charge in [0.2, 0.25) is 0 Å². The van der Waals surface area contributed by atoms with E-state index in [0.717, 1.165) is 50.5 Å². The van der Waals surface area contributed by atoms with E-state index in [9.17, 15) is 19.7 Å². The summed E-state index contributed by atoms with van der Waals surface area (Å²) in [4.78, 5) is 0. The van der Waals surface area contributed by atoms with Crippen molar-refractivity contribution in [1.29, 1.82) is 0 Å². The van der Waals surface area contributed by atoms with Crippen molar-refractivity contribution >= 4 is 0 Å². The smallest absolute Gasteiger partial charge is 0.127 e. The topological polar surface area (TPSA) is 69.9 Å². The van der Waals surface area contributed by atoms with E-state index in [4.69, 9.17) is 4.74 Å². The highest BCUT2D eigenvalue weighted by Gasteiger charge is 2.61. The molecule has 0 aromatic heterocycles. The van der Waals surface area contributed by atoms with E-state index < -0.39 is 18.3 Å². The maximum atomic E-state index is 15.9. The van der Waals surface area contributed by atoms with Crippen LogP contribution in [0.4, 0.5) is 8.78 Å². The van der Waals surface area contributed by atoms with Gasteiger partial charge in [-0.1, -0.05) is 33.6 Å². The number of aliphatic hydroxyl groups excluding tert-OH is 3. The van der Waals surface area contributed by atoms with Gasteiger partial charge in [0.25, 0.3) is 0 Å². The van der Waals surface area contributed by atoms with Crippen LogP contribution in [0.25, 0.3) is 0 Å². The number of rotatable bonds is 7. The molecule has 4 nitrogen and oxygen atoms in total. The van der Waals surface area contributed by atoms with E-state index in [0.29, 0.717) is 36.0 Å². The molecule has 0 bridgehead atoms. The van der Waals surface area contributed by atoms with Crippen molar-refractivity contribution in [3.63, 3.8) is 0 Å². The molecule has 3 fully saturated rings. The van der Waals surface area contributed by atoms with Gasteiger partial charge in [-0.3, -0.25) is 0 Å². The number of aliphatic hydroxyl groups is 3. The monoisotopic (exact) mass is 532 g/mol. The van der Waals surface area contributed by atoms with E-state index in [-0.39, 0.29) is 46.6 Å². The second-order valence-corrected chi connectivity index (χ2v) is 13.4. The first-order valence-electron chi connectivity index (χ1n) is 14.8. The molecular formula is C32H46F2O4. The predicted octanol–water partition coefficient (Wildman–Crippen LogP) is 6.88. The summed E-state index contributed by atoms with van der Waals surface area (Å²) in [5.74, 6) is 1.18. The lowest BCUT2D eigenvalue weighted by Gasteiger charge is -2.59. The molecule has 4 aliphatic carbocycles. The molecule has 0 amide bonds. The Morgan fingerprint density at radius 3 is 2.45 bits per heavy atom. The molecule has 5 rings (SSSR count). The van der Waals surface area contributed by atoms with Crippen LogP contribution in [0.3, 0.4) is 0 Å². The first-order valence-corrected chi connectivity index (χ1v) is 14.8. The lowest BCUT2D eigenvalue weighted by molar-refractivity contribution is -0.128. The molecule has 0 saturated heterocycles. The Morgan fingerprint density at radius 2 is 1.71 bits per heavy atom. The van der Waals surface area contributed by atoms with E-state index in [1.54, 1.807) is 6.07 Å². The average molecular weight is 533 g/mol. The average Bonchev–Trinajstić information content (AvgIpc) is 3.24. The number of benzene rings is 1. The number of methoxy groups -OCH3 is 1. The third kappa shape index (κ3) is 4.53. The minimum Gasteiger partial charge on any atom is -0.496 e. The first-order chi connectivity index (χ1) is 18.0. The van der Waals surface area contributed by atoms with Gasteiger partial charge in [0.05, 0.1) is 25.4 Å². The van der Waals surface area contributed by atoms with E-state index in [2.05, 4.69) is 20.8 Å². The fourth-order valence-corrected chi connectivity index (χ4v) is 9.51. The van der Waals surface area contributed by atoms with Crippen molar-refractivity contribution in [2.24, 2.45) is 40.4 Å². The van der Waals surface area contributed by atoms with Crippen molar-refractivity contribution in [2.45, 2.75) is 103 Å². The third-order valence-corrected chi connectivity index (χ3v) is 11.7.